The van der Waals surface area contributed by atoms with Gasteiger partial charge in [-0.05, 0) is 80.8 Å². The molecular weight excluding hydrogens is 516 g/mol. The predicted octanol–water partition coefficient (Wildman–Crippen LogP) is 7.05. The number of benzene rings is 3. The number of hydrogen-bond acceptors (Lipinski definition) is 5. The van der Waals surface area contributed by atoms with Crippen molar-refractivity contribution in [3.8, 4) is 5.69 Å². The summed E-state index contributed by atoms with van der Waals surface area (Å²) in [6.07, 6.45) is 3.33. The molecule has 0 aliphatic rings. The monoisotopic (exact) mass is 554 g/mol. The molecule has 41 heavy (non-hydrogen) atoms. The highest BCUT2D eigenvalue weighted by molar-refractivity contribution is 5.92. The fourth-order valence-corrected chi connectivity index (χ4v) is 4.96. The number of ether oxygens (including phenoxy) is 1. The number of hydrogen-bond donors (Lipinski definition) is 1. The van der Waals surface area contributed by atoms with Crippen molar-refractivity contribution in [2.75, 3.05) is 18.5 Å². The molecule has 0 saturated heterocycles. The highest BCUT2D eigenvalue weighted by atomic mass is 16.5. The Labute approximate surface area is 241 Å². The van der Waals surface area contributed by atoms with Gasteiger partial charge in [0.25, 0.3) is 5.56 Å². The normalized spacial score (nSPS) is 11.7. The van der Waals surface area contributed by atoms with Crippen LogP contribution in [0, 0.1) is 6.92 Å². The zero-order chi connectivity index (χ0) is 29.4. The van der Waals surface area contributed by atoms with E-state index in [1.807, 2.05) is 56.3 Å². The van der Waals surface area contributed by atoms with E-state index in [-0.39, 0.29) is 11.6 Å². The van der Waals surface area contributed by atoms with E-state index in [2.05, 4.69) is 12.2 Å². The van der Waals surface area contributed by atoms with Crippen LogP contribution in [0.3, 0.4) is 0 Å². The van der Waals surface area contributed by atoms with Crippen LogP contribution in [0.1, 0.15) is 74.2 Å². The lowest BCUT2D eigenvalue weighted by molar-refractivity contribution is 0.0526. The average Bonchev–Trinajstić information content (AvgIpc) is 2.97. The third-order valence-corrected chi connectivity index (χ3v) is 7.03. The van der Waals surface area contributed by atoms with Crippen molar-refractivity contribution in [1.29, 1.82) is 0 Å². The first-order valence-electron chi connectivity index (χ1n) is 14.3. The zero-order valence-corrected chi connectivity index (χ0v) is 24.2. The van der Waals surface area contributed by atoms with E-state index >= 15 is 0 Å². The summed E-state index contributed by atoms with van der Waals surface area (Å²) in [6.45, 7) is 8.65. The van der Waals surface area contributed by atoms with Gasteiger partial charge in [-0.1, -0.05) is 51.0 Å². The SMILES string of the molecule is CCCCCN(C(=O)Nc1ccc(C(=O)OCC)cc1)C(CC)c1nc2ccccc2c(=O)n1-c1cccc(C)c1. The van der Waals surface area contributed by atoms with Crippen molar-refractivity contribution in [3.63, 3.8) is 0 Å². The predicted molar refractivity (Wildman–Crippen MR) is 163 cm³/mol. The van der Waals surface area contributed by atoms with Gasteiger partial charge in [0.15, 0.2) is 0 Å². The summed E-state index contributed by atoms with van der Waals surface area (Å²) in [7, 11) is 0. The van der Waals surface area contributed by atoms with Crippen molar-refractivity contribution in [2.24, 2.45) is 0 Å². The first-order valence-corrected chi connectivity index (χ1v) is 14.3. The molecule has 1 atom stereocenters. The van der Waals surface area contributed by atoms with Crippen LogP contribution < -0.4 is 10.9 Å². The minimum absolute atomic E-state index is 0.168. The molecule has 0 bridgehead atoms. The lowest BCUT2D eigenvalue weighted by Gasteiger charge is -2.32. The average molecular weight is 555 g/mol. The summed E-state index contributed by atoms with van der Waals surface area (Å²) in [6, 6.07) is 20.9. The van der Waals surface area contributed by atoms with Crippen LogP contribution in [-0.4, -0.2) is 39.6 Å². The van der Waals surface area contributed by atoms with E-state index in [4.69, 9.17) is 9.72 Å². The molecule has 0 saturated carbocycles. The molecule has 1 N–H and O–H groups in total. The van der Waals surface area contributed by atoms with Crippen LogP contribution in [-0.2, 0) is 4.74 Å². The third kappa shape index (κ3) is 6.82. The van der Waals surface area contributed by atoms with E-state index < -0.39 is 12.0 Å². The maximum Gasteiger partial charge on any atom is 0.338 e. The highest BCUT2D eigenvalue weighted by Crippen LogP contribution is 2.28. The molecule has 4 rings (SSSR count). The number of amides is 2. The number of unbranched alkanes of at least 4 members (excludes halogenated alkanes) is 2. The van der Waals surface area contributed by atoms with E-state index in [9.17, 15) is 14.4 Å². The summed E-state index contributed by atoms with van der Waals surface area (Å²) in [4.78, 5) is 46.6. The summed E-state index contributed by atoms with van der Waals surface area (Å²) in [5.74, 6) is 0.111. The van der Waals surface area contributed by atoms with Gasteiger partial charge in [0.2, 0.25) is 0 Å². The van der Waals surface area contributed by atoms with E-state index in [0.717, 1.165) is 24.8 Å². The van der Waals surface area contributed by atoms with Crippen molar-refractivity contribution in [1.82, 2.24) is 14.5 Å². The summed E-state index contributed by atoms with van der Waals surface area (Å²) in [5.41, 5.74) is 3.13. The fourth-order valence-electron chi connectivity index (χ4n) is 4.96. The molecule has 0 aliphatic heterocycles. The van der Waals surface area contributed by atoms with Crippen molar-refractivity contribution in [3.05, 3.63) is 100 Å². The number of aromatic nitrogens is 2. The summed E-state index contributed by atoms with van der Waals surface area (Å²) >= 11 is 0. The van der Waals surface area contributed by atoms with E-state index in [0.29, 0.717) is 53.2 Å². The second-order valence-electron chi connectivity index (χ2n) is 10.0. The fraction of sp³-hybridized carbons (Fsp3) is 0.333. The number of esters is 1. The standard InChI is InChI=1S/C33H38N4O4/c1-5-8-11-21-36(33(40)34-25-19-17-24(18-20-25)32(39)41-7-3)29(6-2)30-35-28-16-10-9-15-27(28)31(38)37(30)26-14-12-13-23(4)22-26/h9-10,12-20,22,29H,5-8,11,21H2,1-4H3,(H,34,40). The molecule has 0 spiro atoms. The molecule has 2 amide bonds. The Morgan fingerprint density at radius 2 is 1.73 bits per heavy atom. The second kappa shape index (κ2) is 13.7. The highest BCUT2D eigenvalue weighted by Gasteiger charge is 2.29. The van der Waals surface area contributed by atoms with Crippen LogP contribution in [0.15, 0.2) is 77.6 Å². The quantitative estimate of drug-likeness (QED) is 0.158. The number of aryl methyl sites for hydroxylation is 1. The van der Waals surface area contributed by atoms with Crippen molar-refractivity contribution >= 4 is 28.6 Å². The summed E-state index contributed by atoms with van der Waals surface area (Å²) < 4.78 is 6.71. The molecular formula is C33H38N4O4. The van der Waals surface area contributed by atoms with E-state index in [1.165, 1.54) is 0 Å². The molecule has 0 fully saturated rings. The Bertz CT molecular complexity index is 1560. The number of carbonyl (C=O) groups excluding carboxylic acids is 2. The van der Waals surface area contributed by atoms with Crippen molar-refractivity contribution in [2.45, 2.75) is 59.4 Å². The Kier molecular flexibility index (Phi) is 9.90. The number of nitrogens with zero attached hydrogens (tertiary/aromatic N) is 3. The molecule has 0 aliphatic carbocycles. The van der Waals surface area contributed by atoms with Crippen LogP contribution in [0.4, 0.5) is 10.5 Å². The lowest BCUT2D eigenvalue weighted by atomic mass is 10.1. The maximum atomic E-state index is 13.9. The first-order chi connectivity index (χ1) is 19.9. The first kappa shape index (κ1) is 29.5. The van der Waals surface area contributed by atoms with E-state index in [1.54, 1.807) is 46.7 Å². The topological polar surface area (TPSA) is 93.5 Å². The second-order valence-corrected chi connectivity index (χ2v) is 10.0. The van der Waals surface area contributed by atoms with Gasteiger partial charge in [-0.25, -0.2) is 14.6 Å². The minimum atomic E-state index is -0.469. The number of para-hydroxylation sites is 1. The number of nitrogens with one attached hydrogen (secondary N) is 1. The van der Waals surface area contributed by atoms with Gasteiger partial charge in [-0.2, -0.15) is 0 Å². The van der Waals surface area contributed by atoms with Crippen LogP contribution in [0.2, 0.25) is 0 Å². The maximum absolute atomic E-state index is 13.9. The molecule has 1 unspecified atom stereocenters. The molecule has 0 radical (unpaired) electrons. The number of fused-ring (bicyclic) bond motifs is 1. The van der Waals surface area contributed by atoms with Gasteiger partial charge in [0.05, 0.1) is 34.8 Å². The molecule has 214 valence electrons. The number of carbonyl (C=O) groups is 2. The van der Waals surface area contributed by atoms with Gasteiger partial charge in [-0.15, -0.1) is 0 Å². The molecule has 1 aromatic heterocycles. The molecule has 8 nitrogen and oxygen atoms in total. The Morgan fingerprint density at radius 3 is 2.41 bits per heavy atom. The van der Waals surface area contributed by atoms with Crippen LogP contribution >= 0.6 is 0 Å². The minimum Gasteiger partial charge on any atom is -0.462 e. The largest absolute Gasteiger partial charge is 0.462 e. The molecule has 3 aromatic carbocycles. The smallest absolute Gasteiger partial charge is 0.338 e. The molecule has 4 aromatic rings. The number of urea groups is 1. The van der Waals surface area contributed by atoms with Crippen LogP contribution in [0.5, 0.6) is 0 Å². The summed E-state index contributed by atoms with van der Waals surface area (Å²) in [5, 5.41) is 3.52. The van der Waals surface area contributed by atoms with Gasteiger partial charge in [0, 0.05) is 12.2 Å². The van der Waals surface area contributed by atoms with Gasteiger partial charge in [0.1, 0.15) is 5.82 Å². The Hall–Kier alpha value is -4.46. The van der Waals surface area contributed by atoms with Gasteiger partial charge >= 0.3 is 12.0 Å². The molecule has 1 heterocycles. The molecule has 8 heteroatoms. The number of rotatable bonds is 11. The van der Waals surface area contributed by atoms with Crippen molar-refractivity contribution < 1.29 is 14.3 Å². The zero-order valence-electron chi connectivity index (χ0n) is 24.2. The Morgan fingerprint density at radius 1 is 0.976 bits per heavy atom. The van der Waals surface area contributed by atoms with Gasteiger partial charge < -0.3 is 15.0 Å². The number of anilines is 1. The van der Waals surface area contributed by atoms with Crippen LogP contribution in [0.25, 0.3) is 16.6 Å². The van der Waals surface area contributed by atoms with Gasteiger partial charge in [-0.3, -0.25) is 9.36 Å². The Balaban J connectivity index is 1.77. The third-order valence-electron chi connectivity index (χ3n) is 7.03. The lowest BCUT2D eigenvalue weighted by Crippen LogP contribution is -2.41.